The van der Waals surface area contributed by atoms with Gasteiger partial charge in [0.15, 0.2) is 0 Å². The van der Waals surface area contributed by atoms with Gasteiger partial charge in [-0.1, -0.05) is 6.07 Å². The molecule has 1 aromatic heterocycles. The van der Waals surface area contributed by atoms with E-state index >= 15 is 0 Å². The molecule has 1 atom stereocenters. The van der Waals surface area contributed by atoms with Crippen molar-refractivity contribution in [3.05, 3.63) is 42.5 Å². The zero-order valence-corrected chi connectivity index (χ0v) is 17.7. The van der Waals surface area contributed by atoms with Crippen LogP contribution in [0.4, 0.5) is 0 Å². The molecule has 1 aliphatic heterocycles. The lowest BCUT2D eigenvalue weighted by Gasteiger charge is -2.31. The van der Waals surface area contributed by atoms with Crippen molar-refractivity contribution in [2.24, 2.45) is 5.92 Å². The Morgan fingerprint density at radius 1 is 1.38 bits per heavy atom. The first kappa shape index (κ1) is 21.3. The third-order valence-electron chi connectivity index (χ3n) is 5.14. The molecule has 1 aromatic carbocycles. The number of carbonyl (C=O) groups excluding carboxylic acids is 1. The fourth-order valence-electron chi connectivity index (χ4n) is 3.54. The van der Waals surface area contributed by atoms with E-state index in [9.17, 15) is 13.2 Å². The number of hydrogen-bond donors (Lipinski definition) is 1. The van der Waals surface area contributed by atoms with E-state index in [-0.39, 0.29) is 23.3 Å². The van der Waals surface area contributed by atoms with E-state index in [4.69, 9.17) is 4.74 Å². The first-order chi connectivity index (χ1) is 13.9. The molecule has 0 bridgehead atoms. The lowest BCUT2D eigenvalue weighted by molar-refractivity contribution is -0.126. The maximum Gasteiger partial charge on any atom is 0.246 e. The monoisotopic (exact) mass is 420 g/mol. The Kier molecular flexibility index (Phi) is 6.92. The standard InChI is InChI=1S/C20H28N4O4S/c1-16-6-7-18(28-2)19(13-16)29(26,27)24-11-3-5-17(14-24)20(25)22-8-4-10-23-12-9-21-15-23/h6-7,9,12-13,15,17H,3-5,8,10-11,14H2,1-2H3,(H,22,25)/t17-/m0/s1. The van der Waals surface area contributed by atoms with Crippen molar-refractivity contribution in [2.45, 2.75) is 37.6 Å². The zero-order valence-electron chi connectivity index (χ0n) is 16.9. The van der Waals surface area contributed by atoms with Crippen LogP contribution in [0.15, 0.2) is 41.8 Å². The van der Waals surface area contributed by atoms with E-state index in [0.717, 1.165) is 18.5 Å². The van der Waals surface area contributed by atoms with E-state index in [1.165, 1.54) is 11.4 Å². The molecule has 3 rings (SSSR count). The molecule has 8 nitrogen and oxygen atoms in total. The summed E-state index contributed by atoms with van der Waals surface area (Å²) in [4.78, 5) is 16.7. The molecule has 1 N–H and O–H groups in total. The summed E-state index contributed by atoms with van der Waals surface area (Å²) in [6.07, 6.45) is 7.47. The second kappa shape index (κ2) is 9.41. The topological polar surface area (TPSA) is 93.5 Å². The number of nitrogens with one attached hydrogen (secondary N) is 1. The minimum Gasteiger partial charge on any atom is -0.495 e. The van der Waals surface area contributed by atoms with Crippen molar-refractivity contribution in [2.75, 3.05) is 26.7 Å². The molecule has 29 heavy (non-hydrogen) atoms. The average Bonchev–Trinajstić information content (AvgIpc) is 3.24. The molecule has 2 heterocycles. The van der Waals surface area contributed by atoms with Crippen LogP contribution in [0.2, 0.25) is 0 Å². The number of rotatable bonds is 8. The Hall–Kier alpha value is -2.39. The third-order valence-corrected chi connectivity index (χ3v) is 7.03. The van der Waals surface area contributed by atoms with E-state index in [1.54, 1.807) is 24.7 Å². The molecular formula is C20H28N4O4S. The van der Waals surface area contributed by atoms with Crippen LogP contribution < -0.4 is 10.1 Å². The number of nitrogens with zero attached hydrogens (tertiary/aromatic N) is 3. The number of benzene rings is 1. The number of amides is 1. The Morgan fingerprint density at radius 3 is 2.93 bits per heavy atom. The maximum absolute atomic E-state index is 13.2. The summed E-state index contributed by atoms with van der Waals surface area (Å²) < 4.78 is 35.0. The highest BCUT2D eigenvalue weighted by Crippen LogP contribution is 2.30. The van der Waals surface area contributed by atoms with Gasteiger partial charge in [0, 0.05) is 38.6 Å². The number of imidazole rings is 1. The van der Waals surface area contributed by atoms with Gasteiger partial charge >= 0.3 is 0 Å². The van der Waals surface area contributed by atoms with Gasteiger partial charge in [0.05, 0.1) is 19.4 Å². The highest BCUT2D eigenvalue weighted by molar-refractivity contribution is 7.89. The van der Waals surface area contributed by atoms with Crippen molar-refractivity contribution >= 4 is 15.9 Å². The number of sulfonamides is 1. The molecule has 0 radical (unpaired) electrons. The van der Waals surface area contributed by atoms with Crippen molar-refractivity contribution in [1.29, 1.82) is 0 Å². The zero-order chi connectivity index (χ0) is 20.9. The summed E-state index contributed by atoms with van der Waals surface area (Å²) in [5, 5.41) is 2.94. The van der Waals surface area contributed by atoms with E-state index in [2.05, 4.69) is 10.3 Å². The van der Waals surface area contributed by atoms with Crippen LogP contribution in [0.25, 0.3) is 0 Å². The smallest absolute Gasteiger partial charge is 0.246 e. The molecule has 0 saturated carbocycles. The Labute approximate surface area is 171 Å². The summed E-state index contributed by atoms with van der Waals surface area (Å²) >= 11 is 0. The van der Waals surface area contributed by atoms with Gasteiger partial charge in [-0.15, -0.1) is 0 Å². The van der Waals surface area contributed by atoms with Gasteiger partial charge in [-0.25, -0.2) is 13.4 Å². The van der Waals surface area contributed by atoms with Gasteiger partial charge in [0.1, 0.15) is 10.6 Å². The van der Waals surface area contributed by atoms with E-state index in [1.807, 2.05) is 23.8 Å². The van der Waals surface area contributed by atoms with Crippen molar-refractivity contribution < 1.29 is 17.9 Å². The minimum atomic E-state index is -3.73. The number of aryl methyl sites for hydroxylation is 2. The molecule has 9 heteroatoms. The van der Waals surface area contributed by atoms with Gasteiger partial charge in [0.2, 0.25) is 15.9 Å². The van der Waals surface area contributed by atoms with Crippen molar-refractivity contribution in [1.82, 2.24) is 19.2 Å². The van der Waals surface area contributed by atoms with Gasteiger partial charge in [-0.2, -0.15) is 4.31 Å². The van der Waals surface area contributed by atoms with Crippen LogP contribution in [0.3, 0.4) is 0 Å². The fourth-order valence-corrected chi connectivity index (χ4v) is 5.30. The highest BCUT2D eigenvalue weighted by atomic mass is 32.2. The Morgan fingerprint density at radius 2 is 2.21 bits per heavy atom. The molecule has 0 aliphatic carbocycles. The Bertz CT molecular complexity index is 928. The normalized spacial score (nSPS) is 17.8. The second-order valence-electron chi connectivity index (χ2n) is 7.30. The predicted molar refractivity (Wildman–Crippen MR) is 109 cm³/mol. The molecule has 2 aromatic rings. The highest BCUT2D eigenvalue weighted by Gasteiger charge is 2.34. The first-order valence-corrected chi connectivity index (χ1v) is 11.2. The number of aromatic nitrogens is 2. The maximum atomic E-state index is 13.2. The molecular weight excluding hydrogens is 392 g/mol. The van der Waals surface area contributed by atoms with Gasteiger partial charge < -0.3 is 14.6 Å². The molecule has 0 unspecified atom stereocenters. The molecule has 1 amide bonds. The number of methoxy groups -OCH3 is 1. The van der Waals surface area contributed by atoms with E-state index < -0.39 is 10.0 Å². The van der Waals surface area contributed by atoms with Crippen LogP contribution in [0, 0.1) is 12.8 Å². The van der Waals surface area contributed by atoms with Crippen LogP contribution in [0.5, 0.6) is 5.75 Å². The molecule has 0 spiro atoms. The molecule has 1 aliphatic rings. The Balaban J connectivity index is 1.60. The predicted octanol–water partition coefficient (Wildman–Crippen LogP) is 1.81. The largest absolute Gasteiger partial charge is 0.495 e. The lowest BCUT2D eigenvalue weighted by Crippen LogP contribution is -2.45. The van der Waals surface area contributed by atoms with Gasteiger partial charge in [-0.05, 0) is 43.9 Å². The molecule has 158 valence electrons. The summed E-state index contributed by atoms with van der Waals surface area (Å²) in [5.41, 5.74) is 0.841. The summed E-state index contributed by atoms with van der Waals surface area (Å²) in [6, 6.07) is 5.10. The summed E-state index contributed by atoms with van der Waals surface area (Å²) in [6.45, 7) is 3.76. The summed E-state index contributed by atoms with van der Waals surface area (Å²) in [7, 11) is -2.27. The first-order valence-electron chi connectivity index (χ1n) is 9.80. The minimum absolute atomic E-state index is 0.0910. The van der Waals surface area contributed by atoms with Crippen LogP contribution in [-0.2, 0) is 21.4 Å². The van der Waals surface area contributed by atoms with Gasteiger partial charge in [0.25, 0.3) is 0 Å². The number of carbonyl (C=O) groups is 1. The molecule has 1 saturated heterocycles. The van der Waals surface area contributed by atoms with E-state index in [0.29, 0.717) is 31.7 Å². The van der Waals surface area contributed by atoms with Gasteiger partial charge in [-0.3, -0.25) is 4.79 Å². The van der Waals surface area contributed by atoms with Crippen molar-refractivity contribution in [3.63, 3.8) is 0 Å². The van der Waals surface area contributed by atoms with Crippen LogP contribution in [0.1, 0.15) is 24.8 Å². The van der Waals surface area contributed by atoms with Crippen LogP contribution in [-0.4, -0.2) is 54.9 Å². The third kappa shape index (κ3) is 5.16. The average molecular weight is 421 g/mol. The number of ether oxygens (including phenoxy) is 1. The lowest BCUT2D eigenvalue weighted by atomic mass is 9.99. The second-order valence-corrected chi connectivity index (χ2v) is 9.21. The van der Waals surface area contributed by atoms with Crippen molar-refractivity contribution in [3.8, 4) is 5.75 Å². The summed E-state index contributed by atoms with van der Waals surface area (Å²) in [5.74, 6) is -0.115. The fraction of sp³-hybridized carbons (Fsp3) is 0.500. The SMILES string of the molecule is COc1ccc(C)cc1S(=O)(=O)N1CCC[C@H](C(=O)NCCCn2ccnc2)C1. The quantitative estimate of drug-likeness (QED) is 0.658. The molecule has 1 fully saturated rings. The number of hydrogen-bond acceptors (Lipinski definition) is 5. The number of piperidine rings is 1. The van der Waals surface area contributed by atoms with Crippen LogP contribution >= 0.6 is 0 Å².